The van der Waals surface area contributed by atoms with E-state index in [4.69, 9.17) is 4.74 Å². The average Bonchev–Trinajstić information content (AvgIpc) is 3.05. The van der Waals surface area contributed by atoms with Crippen LogP contribution in [0.15, 0.2) is 11.1 Å². The second-order valence-electron chi connectivity index (χ2n) is 12.8. The number of rotatable bonds is 6. The van der Waals surface area contributed by atoms with E-state index in [0.717, 1.165) is 30.6 Å². The van der Waals surface area contributed by atoms with Gasteiger partial charge in [-0.3, -0.25) is 4.79 Å². The molecule has 0 N–H and O–H groups in total. The quantitative estimate of drug-likeness (QED) is 0.305. The highest BCUT2D eigenvalue weighted by atomic mass is 19.1. The fraction of sp³-hybridized carbons (Fsp3) is 0.897. The maximum atomic E-state index is 15.9. The smallest absolute Gasteiger partial charge is 0.302 e. The van der Waals surface area contributed by atoms with Gasteiger partial charge in [0.05, 0.1) is 0 Å². The minimum Gasteiger partial charge on any atom is -0.463 e. The van der Waals surface area contributed by atoms with E-state index < -0.39 is 11.6 Å². The van der Waals surface area contributed by atoms with Crippen LogP contribution in [-0.2, 0) is 9.53 Å². The first-order valence-electron chi connectivity index (χ1n) is 13.6. The van der Waals surface area contributed by atoms with Crippen molar-refractivity contribution in [3.63, 3.8) is 0 Å². The molecule has 0 saturated heterocycles. The largest absolute Gasteiger partial charge is 0.463 e. The molecule has 32 heavy (non-hydrogen) atoms. The lowest BCUT2D eigenvalue weighted by molar-refractivity contribution is -0.150. The Balaban J connectivity index is 1.53. The van der Waals surface area contributed by atoms with Crippen LogP contribution in [0.2, 0.25) is 0 Å². The molecule has 0 aromatic carbocycles. The first-order chi connectivity index (χ1) is 15.1. The highest BCUT2D eigenvalue weighted by Gasteiger charge is 2.58. The summed E-state index contributed by atoms with van der Waals surface area (Å²) in [6.07, 6.45) is 11.3. The van der Waals surface area contributed by atoms with Crippen LogP contribution in [0, 0.1) is 40.4 Å². The fourth-order valence-electron chi connectivity index (χ4n) is 8.77. The summed E-state index contributed by atoms with van der Waals surface area (Å²) in [5, 5.41) is 0. The van der Waals surface area contributed by atoms with Crippen molar-refractivity contribution in [1.82, 2.24) is 0 Å². The first kappa shape index (κ1) is 24.3. The summed E-state index contributed by atoms with van der Waals surface area (Å²) in [5.74, 6) is 3.26. The van der Waals surface area contributed by atoms with Crippen molar-refractivity contribution in [2.75, 3.05) is 0 Å². The van der Waals surface area contributed by atoms with Gasteiger partial charge in [0.25, 0.3) is 0 Å². The van der Waals surface area contributed by atoms with Gasteiger partial charge in [-0.05, 0) is 86.4 Å². The van der Waals surface area contributed by atoms with Gasteiger partial charge in [-0.2, -0.15) is 0 Å². The Morgan fingerprint density at radius 1 is 1.12 bits per heavy atom. The summed E-state index contributed by atoms with van der Waals surface area (Å²) in [6, 6.07) is 0. The number of ether oxygens (including phenoxy) is 1. The van der Waals surface area contributed by atoms with Crippen molar-refractivity contribution in [2.24, 2.45) is 40.4 Å². The molecule has 4 aliphatic rings. The number of hydrogen-bond donors (Lipinski definition) is 0. The minimum absolute atomic E-state index is 0.118. The maximum absolute atomic E-state index is 15.9. The van der Waals surface area contributed by atoms with Gasteiger partial charge in [-0.1, -0.05) is 65.0 Å². The van der Waals surface area contributed by atoms with Crippen LogP contribution in [-0.4, -0.2) is 18.2 Å². The number of alkyl halides is 1. The van der Waals surface area contributed by atoms with E-state index in [1.165, 1.54) is 57.4 Å². The number of esters is 1. The number of halogens is 1. The zero-order valence-corrected chi connectivity index (χ0v) is 21.5. The third kappa shape index (κ3) is 4.20. The molecule has 3 saturated carbocycles. The highest BCUT2D eigenvalue weighted by molar-refractivity contribution is 5.66. The lowest BCUT2D eigenvalue weighted by Gasteiger charge is -2.55. The number of fused-ring (bicyclic) bond motifs is 4. The van der Waals surface area contributed by atoms with E-state index in [1.807, 2.05) is 0 Å². The standard InChI is InChI=1S/C29H47FO2/c1-18(2)8-7-9-19(3)24-12-13-26-23-16-27(30)29(6)17-21(32-20(4)31)10-11-25(29)22(23)14-15-28(24,26)5/h18-19,21,23-24,26-27H,7-17H2,1-6H3. The molecular formula is C29H47FO2. The van der Waals surface area contributed by atoms with Gasteiger partial charge in [0.15, 0.2) is 0 Å². The Bertz CT molecular complexity index is 741. The highest BCUT2D eigenvalue weighted by Crippen LogP contribution is 2.66. The van der Waals surface area contributed by atoms with E-state index in [0.29, 0.717) is 30.1 Å². The third-order valence-corrected chi connectivity index (χ3v) is 10.4. The maximum Gasteiger partial charge on any atom is 0.302 e. The van der Waals surface area contributed by atoms with Crippen LogP contribution in [0.1, 0.15) is 112 Å². The molecule has 3 heteroatoms. The van der Waals surface area contributed by atoms with E-state index in [9.17, 15) is 4.79 Å². The van der Waals surface area contributed by atoms with Crippen molar-refractivity contribution in [1.29, 1.82) is 0 Å². The Kier molecular flexibility index (Phi) is 6.87. The van der Waals surface area contributed by atoms with Crippen molar-refractivity contribution in [3.8, 4) is 0 Å². The van der Waals surface area contributed by atoms with Gasteiger partial charge in [0.2, 0.25) is 0 Å². The van der Waals surface area contributed by atoms with Crippen molar-refractivity contribution in [3.05, 3.63) is 11.1 Å². The molecule has 4 rings (SSSR count). The zero-order valence-electron chi connectivity index (χ0n) is 21.5. The van der Waals surface area contributed by atoms with Gasteiger partial charge >= 0.3 is 5.97 Å². The molecule has 0 spiro atoms. The molecular weight excluding hydrogens is 399 g/mol. The Morgan fingerprint density at radius 3 is 2.56 bits per heavy atom. The van der Waals surface area contributed by atoms with Gasteiger partial charge in [-0.15, -0.1) is 0 Å². The number of allylic oxidation sites excluding steroid dienone is 2. The molecule has 0 aromatic rings. The Morgan fingerprint density at radius 2 is 1.88 bits per heavy atom. The lowest BCUT2D eigenvalue weighted by Crippen LogP contribution is -2.49. The normalized spacial score (nSPS) is 42.3. The Labute approximate surface area is 196 Å². The van der Waals surface area contributed by atoms with Crippen LogP contribution in [0.3, 0.4) is 0 Å². The summed E-state index contributed by atoms with van der Waals surface area (Å²) in [7, 11) is 0. The monoisotopic (exact) mass is 446 g/mol. The molecule has 0 aromatic heterocycles. The SMILES string of the molecule is CC(=O)OC1CCC2=C3CCC4(C)C(C(C)CCCC(C)C)CCC4C3CC(F)C2(C)C1. The molecule has 0 amide bonds. The predicted molar refractivity (Wildman–Crippen MR) is 129 cm³/mol. The molecule has 0 aliphatic heterocycles. The summed E-state index contributed by atoms with van der Waals surface area (Å²) < 4.78 is 21.4. The van der Waals surface area contributed by atoms with Gasteiger partial charge < -0.3 is 4.74 Å². The molecule has 182 valence electrons. The molecule has 4 aliphatic carbocycles. The lowest BCUT2D eigenvalue weighted by atomic mass is 9.51. The summed E-state index contributed by atoms with van der Waals surface area (Å²) in [4.78, 5) is 11.5. The van der Waals surface area contributed by atoms with E-state index >= 15 is 4.39 Å². The second-order valence-corrected chi connectivity index (χ2v) is 12.8. The molecule has 8 unspecified atom stereocenters. The molecule has 0 bridgehead atoms. The molecule has 0 radical (unpaired) electrons. The van der Waals surface area contributed by atoms with Crippen LogP contribution in [0.4, 0.5) is 4.39 Å². The van der Waals surface area contributed by atoms with Crippen LogP contribution < -0.4 is 0 Å². The summed E-state index contributed by atoms with van der Waals surface area (Å²) in [6.45, 7) is 13.3. The number of carbonyl (C=O) groups excluding carboxylic acids is 1. The van der Waals surface area contributed by atoms with Crippen LogP contribution in [0.5, 0.6) is 0 Å². The van der Waals surface area contributed by atoms with Gasteiger partial charge in [-0.25, -0.2) is 4.39 Å². The van der Waals surface area contributed by atoms with Crippen LogP contribution in [0.25, 0.3) is 0 Å². The van der Waals surface area contributed by atoms with E-state index in [2.05, 4.69) is 34.6 Å². The molecule has 8 atom stereocenters. The van der Waals surface area contributed by atoms with Crippen molar-refractivity contribution < 1.29 is 13.9 Å². The summed E-state index contributed by atoms with van der Waals surface area (Å²) >= 11 is 0. The second kappa shape index (κ2) is 9.06. The first-order valence-corrected chi connectivity index (χ1v) is 13.6. The van der Waals surface area contributed by atoms with Crippen molar-refractivity contribution in [2.45, 2.75) is 124 Å². The molecule has 0 heterocycles. The van der Waals surface area contributed by atoms with Gasteiger partial charge in [0.1, 0.15) is 12.3 Å². The van der Waals surface area contributed by atoms with Gasteiger partial charge in [0, 0.05) is 12.3 Å². The molecule has 3 fully saturated rings. The number of carbonyl (C=O) groups is 1. The predicted octanol–water partition coefficient (Wildman–Crippen LogP) is 8.05. The number of hydrogen-bond acceptors (Lipinski definition) is 2. The van der Waals surface area contributed by atoms with E-state index in [-0.39, 0.29) is 12.1 Å². The van der Waals surface area contributed by atoms with E-state index in [1.54, 1.807) is 5.57 Å². The third-order valence-electron chi connectivity index (χ3n) is 10.4. The van der Waals surface area contributed by atoms with Crippen molar-refractivity contribution >= 4 is 5.97 Å². The molecule has 2 nitrogen and oxygen atoms in total. The fourth-order valence-corrected chi connectivity index (χ4v) is 8.77. The average molecular weight is 447 g/mol. The zero-order chi connectivity index (χ0) is 23.3. The van der Waals surface area contributed by atoms with Crippen LogP contribution >= 0.6 is 0 Å². The Hall–Kier alpha value is -0.860. The summed E-state index contributed by atoms with van der Waals surface area (Å²) in [5.41, 5.74) is 2.99. The minimum atomic E-state index is -0.811. The topological polar surface area (TPSA) is 26.3 Å².